The summed E-state index contributed by atoms with van der Waals surface area (Å²) in [5.41, 5.74) is 3.81. The molecule has 0 spiro atoms. The Labute approximate surface area is 150 Å². The van der Waals surface area contributed by atoms with E-state index in [0.29, 0.717) is 11.5 Å². The van der Waals surface area contributed by atoms with Gasteiger partial charge in [0.05, 0.1) is 20.6 Å². The topological polar surface area (TPSA) is 47.6 Å². The predicted molar refractivity (Wildman–Crippen MR) is 101 cm³/mol. The normalized spacial score (nSPS) is 10.3. The molecule has 0 bridgehead atoms. The number of amides is 1. The molecule has 0 atom stereocenters. The van der Waals surface area contributed by atoms with Gasteiger partial charge < -0.3 is 14.8 Å². The van der Waals surface area contributed by atoms with E-state index in [-0.39, 0.29) is 12.3 Å². The second-order valence-corrected chi connectivity index (χ2v) is 6.56. The molecule has 0 aliphatic heterocycles. The van der Waals surface area contributed by atoms with Crippen LogP contribution in [0, 0.1) is 17.4 Å². The van der Waals surface area contributed by atoms with E-state index in [9.17, 15) is 4.79 Å². The number of anilines is 1. The zero-order valence-electron chi connectivity index (χ0n) is 13.7. The first-order valence-electron chi connectivity index (χ1n) is 7.22. The van der Waals surface area contributed by atoms with Crippen molar-refractivity contribution in [2.75, 3.05) is 19.5 Å². The van der Waals surface area contributed by atoms with E-state index < -0.39 is 0 Å². The average Bonchev–Trinajstić information content (AvgIpc) is 2.51. The van der Waals surface area contributed by atoms with Crippen LogP contribution in [0.4, 0.5) is 5.69 Å². The van der Waals surface area contributed by atoms with E-state index in [1.54, 1.807) is 14.2 Å². The van der Waals surface area contributed by atoms with Crippen LogP contribution in [-0.4, -0.2) is 20.1 Å². The zero-order chi connectivity index (χ0) is 17.0. The fraction of sp³-hybridized carbons (Fsp3) is 0.278. The second kappa shape index (κ2) is 7.68. The molecule has 1 amide bonds. The molecule has 0 fully saturated rings. The summed E-state index contributed by atoms with van der Waals surface area (Å²) in [6.07, 6.45) is 0.289. The fourth-order valence-corrected chi connectivity index (χ4v) is 2.99. The van der Waals surface area contributed by atoms with Crippen LogP contribution >= 0.6 is 22.6 Å². The number of carbonyl (C=O) groups is 1. The number of halogens is 1. The van der Waals surface area contributed by atoms with Crippen molar-refractivity contribution in [3.63, 3.8) is 0 Å². The number of methoxy groups -OCH3 is 2. The molecular weight excluding hydrogens is 405 g/mol. The molecule has 5 heteroatoms. The van der Waals surface area contributed by atoms with Crippen molar-refractivity contribution in [3.05, 3.63) is 50.6 Å². The van der Waals surface area contributed by atoms with Crippen LogP contribution < -0.4 is 14.8 Å². The minimum absolute atomic E-state index is 0.0513. The number of ether oxygens (including phenoxy) is 2. The van der Waals surface area contributed by atoms with Gasteiger partial charge in [-0.2, -0.15) is 0 Å². The number of nitrogens with one attached hydrogen (secondary N) is 1. The minimum atomic E-state index is -0.0513. The Morgan fingerprint density at radius 2 is 1.70 bits per heavy atom. The fourth-order valence-electron chi connectivity index (χ4n) is 2.35. The van der Waals surface area contributed by atoms with Crippen molar-refractivity contribution in [1.29, 1.82) is 0 Å². The Kier molecular flexibility index (Phi) is 5.87. The van der Waals surface area contributed by atoms with Gasteiger partial charge >= 0.3 is 0 Å². The predicted octanol–water partition coefficient (Wildman–Crippen LogP) is 4.11. The first-order valence-corrected chi connectivity index (χ1v) is 8.30. The number of benzene rings is 2. The summed E-state index contributed by atoms with van der Waals surface area (Å²) in [7, 11) is 3.19. The van der Waals surface area contributed by atoms with Gasteiger partial charge in [-0.25, -0.2) is 0 Å². The van der Waals surface area contributed by atoms with Crippen LogP contribution in [0.15, 0.2) is 30.3 Å². The molecule has 0 aliphatic carbocycles. The molecule has 0 unspecified atom stereocenters. The molecule has 0 radical (unpaired) electrons. The molecule has 0 saturated carbocycles. The highest BCUT2D eigenvalue weighted by Gasteiger charge is 2.12. The van der Waals surface area contributed by atoms with Gasteiger partial charge in [0, 0.05) is 9.26 Å². The monoisotopic (exact) mass is 425 g/mol. The van der Waals surface area contributed by atoms with Crippen LogP contribution in [0.3, 0.4) is 0 Å². The van der Waals surface area contributed by atoms with Gasteiger partial charge in [0.2, 0.25) is 5.91 Å². The summed E-state index contributed by atoms with van der Waals surface area (Å²) >= 11 is 2.25. The molecule has 0 saturated heterocycles. The molecular formula is C18H20INO3. The van der Waals surface area contributed by atoms with Crippen LogP contribution in [0.5, 0.6) is 11.5 Å². The highest BCUT2D eigenvalue weighted by Crippen LogP contribution is 2.30. The van der Waals surface area contributed by atoms with Crippen molar-refractivity contribution < 1.29 is 14.3 Å². The van der Waals surface area contributed by atoms with Crippen LogP contribution in [0.1, 0.15) is 16.7 Å². The summed E-state index contributed by atoms with van der Waals surface area (Å²) < 4.78 is 11.7. The van der Waals surface area contributed by atoms with Gasteiger partial charge in [-0.1, -0.05) is 0 Å². The maximum Gasteiger partial charge on any atom is 0.228 e. The number of carbonyl (C=O) groups excluding carboxylic acids is 1. The SMILES string of the molecule is COc1cc(C)c(CC(=O)Nc2ccc(I)cc2C)cc1OC. The number of rotatable bonds is 5. The molecule has 2 aromatic carbocycles. The van der Waals surface area contributed by atoms with Crippen molar-refractivity contribution in [2.24, 2.45) is 0 Å². The first kappa shape index (κ1) is 17.6. The summed E-state index contributed by atoms with van der Waals surface area (Å²) in [5, 5.41) is 2.96. The minimum Gasteiger partial charge on any atom is -0.493 e. The third-order valence-corrected chi connectivity index (χ3v) is 4.33. The van der Waals surface area contributed by atoms with Crippen molar-refractivity contribution in [2.45, 2.75) is 20.3 Å². The standard InChI is InChI=1S/C18H20INO3/c1-11-8-16(22-3)17(23-4)9-13(11)10-18(21)20-15-6-5-14(19)7-12(15)2/h5-9H,10H2,1-4H3,(H,20,21). The lowest BCUT2D eigenvalue weighted by molar-refractivity contribution is -0.115. The van der Waals surface area contributed by atoms with Crippen LogP contribution in [-0.2, 0) is 11.2 Å². The van der Waals surface area contributed by atoms with Gasteiger partial charge in [0.1, 0.15) is 0 Å². The zero-order valence-corrected chi connectivity index (χ0v) is 15.9. The van der Waals surface area contributed by atoms with Crippen LogP contribution in [0.2, 0.25) is 0 Å². The van der Waals surface area contributed by atoms with Crippen molar-refractivity contribution >= 4 is 34.2 Å². The van der Waals surface area contributed by atoms with E-state index in [0.717, 1.165) is 25.9 Å². The van der Waals surface area contributed by atoms with Gasteiger partial charge in [-0.3, -0.25) is 4.79 Å². The Morgan fingerprint density at radius 3 is 2.30 bits per heavy atom. The molecule has 0 aliphatic rings. The Morgan fingerprint density at radius 1 is 1.04 bits per heavy atom. The quantitative estimate of drug-likeness (QED) is 0.734. The third-order valence-electron chi connectivity index (χ3n) is 3.66. The average molecular weight is 425 g/mol. The van der Waals surface area contributed by atoms with E-state index in [1.807, 2.05) is 44.2 Å². The van der Waals surface area contributed by atoms with Gasteiger partial charge in [0.15, 0.2) is 11.5 Å². The van der Waals surface area contributed by atoms with E-state index >= 15 is 0 Å². The summed E-state index contributed by atoms with van der Waals surface area (Å²) in [6.45, 7) is 3.94. The summed E-state index contributed by atoms with van der Waals surface area (Å²) in [6, 6.07) is 9.69. The van der Waals surface area contributed by atoms with Crippen molar-refractivity contribution in [3.8, 4) is 11.5 Å². The summed E-state index contributed by atoms with van der Waals surface area (Å²) in [4.78, 5) is 12.3. The highest BCUT2D eigenvalue weighted by atomic mass is 127. The molecule has 2 aromatic rings. The molecule has 0 heterocycles. The summed E-state index contributed by atoms with van der Waals surface area (Å²) in [5.74, 6) is 1.25. The van der Waals surface area contributed by atoms with Gasteiger partial charge in [0.25, 0.3) is 0 Å². The van der Waals surface area contributed by atoms with E-state index in [1.165, 1.54) is 0 Å². The lowest BCUT2D eigenvalue weighted by Crippen LogP contribution is -2.16. The van der Waals surface area contributed by atoms with Gasteiger partial charge in [-0.05, 0) is 83.5 Å². The van der Waals surface area contributed by atoms with Crippen molar-refractivity contribution in [1.82, 2.24) is 0 Å². The van der Waals surface area contributed by atoms with Crippen LogP contribution in [0.25, 0.3) is 0 Å². The Bertz CT molecular complexity index is 728. The van der Waals surface area contributed by atoms with Gasteiger partial charge in [-0.15, -0.1) is 0 Å². The molecule has 122 valence electrons. The number of hydrogen-bond donors (Lipinski definition) is 1. The first-order chi connectivity index (χ1) is 10.9. The molecule has 1 N–H and O–H groups in total. The smallest absolute Gasteiger partial charge is 0.228 e. The second-order valence-electron chi connectivity index (χ2n) is 5.32. The Balaban J connectivity index is 2.17. The largest absolute Gasteiger partial charge is 0.493 e. The lowest BCUT2D eigenvalue weighted by atomic mass is 10.0. The maximum absolute atomic E-state index is 12.3. The maximum atomic E-state index is 12.3. The van der Waals surface area contributed by atoms with E-state index in [2.05, 4.69) is 27.9 Å². The Hall–Kier alpha value is -1.76. The molecule has 0 aromatic heterocycles. The highest BCUT2D eigenvalue weighted by molar-refractivity contribution is 14.1. The number of hydrogen-bond acceptors (Lipinski definition) is 3. The number of aryl methyl sites for hydroxylation is 2. The lowest BCUT2D eigenvalue weighted by Gasteiger charge is -2.13. The molecule has 23 heavy (non-hydrogen) atoms. The molecule has 2 rings (SSSR count). The molecule has 4 nitrogen and oxygen atoms in total. The third kappa shape index (κ3) is 4.37. The van der Waals surface area contributed by atoms with E-state index in [4.69, 9.17) is 9.47 Å².